The summed E-state index contributed by atoms with van der Waals surface area (Å²) >= 11 is 1.65. The second-order valence-electron chi connectivity index (χ2n) is 5.50. The van der Waals surface area contributed by atoms with E-state index in [2.05, 4.69) is 45.7 Å². The largest absolute Gasteiger partial charge is 0.369 e. The van der Waals surface area contributed by atoms with Crippen molar-refractivity contribution in [1.82, 2.24) is 15.1 Å². The predicted molar refractivity (Wildman–Crippen MR) is 89.7 cm³/mol. The van der Waals surface area contributed by atoms with Crippen molar-refractivity contribution in [3.8, 4) is 0 Å². The first kappa shape index (κ1) is 15.0. The molecule has 3 heterocycles. The Balaban J connectivity index is 1.83. The molecule has 3 aromatic heterocycles. The van der Waals surface area contributed by atoms with E-state index in [4.69, 9.17) is 4.52 Å². The van der Waals surface area contributed by atoms with Crippen molar-refractivity contribution in [2.45, 2.75) is 40.0 Å². The van der Waals surface area contributed by atoms with E-state index < -0.39 is 0 Å². The first-order chi connectivity index (χ1) is 10.6. The minimum atomic E-state index is 0.306. The zero-order valence-electron chi connectivity index (χ0n) is 13.3. The van der Waals surface area contributed by atoms with E-state index in [1.165, 1.54) is 5.56 Å². The zero-order valence-corrected chi connectivity index (χ0v) is 14.1. The quantitative estimate of drug-likeness (QED) is 0.768. The van der Waals surface area contributed by atoms with Gasteiger partial charge >= 0.3 is 0 Å². The number of nitrogens with one attached hydrogen (secondary N) is 1. The van der Waals surface area contributed by atoms with Crippen LogP contribution in [0, 0.1) is 13.8 Å². The number of anilines is 1. The lowest BCUT2D eigenvalue weighted by molar-refractivity contribution is 0.391. The summed E-state index contributed by atoms with van der Waals surface area (Å²) in [6, 6.07) is 2.07. The molecule has 5 nitrogen and oxygen atoms in total. The highest BCUT2D eigenvalue weighted by atomic mass is 32.1. The van der Waals surface area contributed by atoms with Gasteiger partial charge in [0.1, 0.15) is 22.2 Å². The highest BCUT2D eigenvalue weighted by Gasteiger charge is 2.17. The molecule has 116 valence electrons. The lowest BCUT2D eigenvalue weighted by Crippen LogP contribution is -2.13. The van der Waals surface area contributed by atoms with Crippen LogP contribution in [-0.2, 0) is 6.42 Å². The van der Waals surface area contributed by atoms with E-state index in [1.807, 2.05) is 13.8 Å². The Morgan fingerprint density at radius 3 is 2.82 bits per heavy atom. The van der Waals surface area contributed by atoms with Gasteiger partial charge in [-0.2, -0.15) is 0 Å². The zero-order chi connectivity index (χ0) is 15.7. The van der Waals surface area contributed by atoms with Gasteiger partial charge in [0.2, 0.25) is 0 Å². The van der Waals surface area contributed by atoms with Crippen LogP contribution in [0.4, 0.5) is 5.82 Å². The van der Waals surface area contributed by atoms with Crippen LogP contribution in [0.15, 0.2) is 16.0 Å². The molecular formula is C16H20N4OS. The van der Waals surface area contributed by atoms with E-state index in [0.29, 0.717) is 5.92 Å². The molecule has 0 aliphatic rings. The molecule has 3 rings (SSSR count). The monoisotopic (exact) mass is 316 g/mol. The van der Waals surface area contributed by atoms with E-state index in [-0.39, 0.29) is 0 Å². The van der Waals surface area contributed by atoms with Crippen LogP contribution >= 0.6 is 11.3 Å². The SMILES string of the molecule is CCc1nc(NCC(C)c2c(C)noc2C)c2ccsc2n1. The summed E-state index contributed by atoms with van der Waals surface area (Å²) in [5, 5.41) is 10.7. The topological polar surface area (TPSA) is 63.8 Å². The fourth-order valence-electron chi connectivity index (χ4n) is 2.74. The average Bonchev–Trinajstić information content (AvgIpc) is 3.10. The molecule has 22 heavy (non-hydrogen) atoms. The lowest BCUT2D eigenvalue weighted by Gasteiger charge is -2.14. The molecule has 0 aliphatic carbocycles. The third kappa shape index (κ3) is 2.70. The molecule has 0 saturated carbocycles. The van der Waals surface area contributed by atoms with Crippen LogP contribution in [0.2, 0.25) is 0 Å². The summed E-state index contributed by atoms with van der Waals surface area (Å²) in [5.41, 5.74) is 2.14. The Morgan fingerprint density at radius 1 is 1.32 bits per heavy atom. The predicted octanol–water partition coefficient (Wildman–Crippen LogP) is 4.07. The molecule has 0 bridgehead atoms. The van der Waals surface area contributed by atoms with Crippen LogP contribution in [-0.4, -0.2) is 21.7 Å². The van der Waals surface area contributed by atoms with Gasteiger partial charge in [-0.25, -0.2) is 9.97 Å². The summed E-state index contributed by atoms with van der Waals surface area (Å²) in [5.74, 6) is 2.99. The highest BCUT2D eigenvalue weighted by Crippen LogP contribution is 2.27. The normalized spacial score (nSPS) is 12.7. The standard InChI is InChI=1S/C16H20N4OS/c1-5-13-18-15(12-6-7-22-16(12)19-13)17-8-9(2)14-10(3)20-21-11(14)4/h6-7,9H,5,8H2,1-4H3,(H,17,18,19). The van der Waals surface area contributed by atoms with Crippen LogP contribution in [0.5, 0.6) is 0 Å². The van der Waals surface area contributed by atoms with Gasteiger partial charge in [0.05, 0.1) is 11.1 Å². The number of rotatable bonds is 5. The van der Waals surface area contributed by atoms with E-state index in [1.54, 1.807) is 11.3 Å². The Morgan fingerprint density at radius 2 is 2.14 bits per heavy atom. The Kier molecular flexibility index (Phi) is 4.11. The van der Waals surface area contributed by atoms with Crippen molar-refractivity contribution in [3.63, 3.8) is 0 Å². The third-order valence-corrected chi connectivity index (χ3v) is 4.65. The molecule has 3 aromatic rings. The number of thiophene rings is 1. The molecule has 1 unspecified atom stereocenters. The van der Waals surface area contributed by atoms with E-state index in [9.17, 15) is 0 Å². The molecule has 0 fully saturated rings. The number of fused-ring (bicyclic) bond motifs is 1. The first-order valence-electron chi connectivity index (χ1n) is 7.51. The number of aryl methyl sites for hydroxylation is 3. The second-order valence-corrected chi connectivity index (χ2v) is 6.40. The lowest BCUT2D eigenvalue weighted by atomic mass is 9.99. The van der Waals surface area contributed by atoms with Crippen molar-refractivity contribution in [2.24, 2.45) is 0 Å². The van der Waals surface area contributed by atoms with Crippen LogP contribution < -0.4 is 5.32 Å². The number of hydrogen-bond acceptors (Lipinski definition) is 6. The summed E-state index contributed by atoms with van der Waals surface area (Å²) in [7, 11) is 0. The molecule has 6 heteroatoms. The number of aromatic nitrogens is 3. The fraction of sp³-hybridized carbons (Fsp3) is 0.438. The molecule has 0 spiro atoms. The molecule has 1 atom stereocenters. The van der Waals surface area contributed by atoms with Gasteiger partial charge in [0.15, 0.2) is 0 Å². The molecule has 0 aromatic carbocycles. The van der Waals surface area contributed by atoms with Gasteiger partial charge in [-0.15, -0.1) is 11.3 Å². The molecule has 0 radical (unpaired) electrons. The summed E-state index contributed by atoms with van der Waals surface area (Å²) in [6.45, 7) is 8.98. The van der Waals surface area contributed by atoms with Crippen molar-refractivity contribution in [2.75, 3.05) is 11.9 Å². The van der Waals surface area contributed by atoms with E-state index >= 15 is 0 Å². The van der Waals surface area contributed by atoms with Crippen molar-refractivity contribution in [3.05, 3.63) is 34.3 Å². The number of nitrogens with zero attached hydrogens (tertiary/aromatic N) is 3. The highest BCUT2D eigenvalue weighted by molar-refractivity contribution is 7.16. The van der Waals surface area contributed by atoms with Crippen LogP contribution in [0.1, 0.15) is 42.6 Å². The van der Waals surface area contributed by atoms with Gasteiger partial charge < -0.3 is 9.84 Å². The Bertz CT molecular complexity index is 773. The summed E-state index contributed by atoms with van der Waals surface area (Å²) in [4.78, 5) is 10.2. The summed E-state index contributed by atoms with van der Waals surface area (Å²) in [6.07, 6.45) is 0.835. The molecular weight excluding hydrogens is 296 g/mol. The minimum Gasteiger partial charge on any atom is -0.369 e. The number of hydrogen-bond donors (Lipinski definition) is 1. The van der Waals surface area contributed by atoms with Gasteiger partial charge in [-0.05, 0) is 25.3 Å². The summed E-state index contributed by atoms with van der Waals surface area (Å²) < 4.78 is 5.26. The van der Waals surface area contributed by atoms with Crippen molar-refractivity contribution in [1.29, 1.82) is 0 Å². The molecule has 0 aliphatic heterocycles. The van der Waals surface area contributed by atoms with Crippen LogP contribution in [0.25, 0.3) is 10.2 Å². The van der Waals surface area contributed by atoms with Gasteiger partial charge in [0, 0.05) is 24.4 Å². The fourth-order valence-corrected chi connectivity index (χ4v) is 3.52. The van der Waals surface area contributed by atoms with Gasteiger partial charge in [-0.3, -0.25) is 0 Å². The second kappa shape index (κ2) is 6.04. The maximum Gasteiger partial charge on any atom is 0.138 e. The third-order valence-electron chi connectivity index (χ3n) is 3.84. The first-order valence-corrected chi connectivity index (χ1v) is 8.38. The molecule has 1 N–H and O–H groups in total. The maximum absolute atomic E-state index is 5.26. The van der Waals surface area contributed by atoms with Crippen molar-refractivity contribution < 1.29 is 4.52 Å². The minimum absolute atomic E-state index is 0.306. The molecule has 0 saturated heterocycles. The molecule has 0 amide bonds. The Labute approximate surface area is 133 Å². The smallest absolute Gasteiger partial charge is 0.138 e. The van der Waals surface area contributed by atoms with Gasteiger partial charge in [-0.1, -0.05) is 19.0 Å². The maximum atomic E-state index is 5.26. The van der Waals surface area contributed by atoms with Gasteiger partial charge in [0.25, 0.3) is 0 Å². The average molecular weight is 316 g/mol. The van der Waals surface area contributed by atoms with Crippen LogP contribution in [0.3, 0.4) is 0 Å². The Hall–Kier alpha value is -1.95. The van der Waals surface area contributed by atoms with Crippen molar-refractivity contribution >= 4 is 27.4 Å². The van der Waals surface area contributed by atoms with E-state index in [0.717, 1.165) is 46.3 Å².